The monoisotopic (exact) mass is 425 g/mol. The highest BCUT2D eigenvalue weighted by atomic mass is 79.9. The molecule has 1 unspecified atom stereocenters. The minimum Gasteiger partial charge on any atom is -0.481 e. The lowest BCUT2D eigenvalue weighted by Gasteiger charge is -2.21. The molecular formula is C19H24BrNO5. The number of Topliss-reactive ketones (excluding diaryl/α,β-unsaturated/α-hetero) is 2. The number of hydrogen-bond donors (Lipinski definition) is 1. The van der Waals surface area contributed by atoms with E-state index in [0.717, 1.165) is 12.8 Å². The molecule has 0 bridgehead atoms. The Morgan fingerprint density at radius 1 is 1.23 bits per heavy atom. The van der Waals surface area contributed by atoms with Crippen LogP contribution in [0.15, 0.2) is 22.9 Å². The second-order valence-electron chi connectivity index (χ2n) is 6.73. The van der Waals surface area contributed by atoms with E-state index in [1.54, 1.807) is 6.07 Å². The number of ketones is 2. The van der Waals surface area contributed by atoms with Gasteiger partial charge in [0.15, 0.2) is 11.6 Å². The van der Waals surface area contributed by atoms with Crippen molar-refractivity contribution < 1.29 is 24.2 Å². The molecule has 26 heavy (non-hydrogen) atoms. The number of halogens is 1. The molecule has 142 valence electrons. The van der Waals surface area contributed by atoms with E-state index in [1.165, 1.54) is 31.7 Å². The molecule has 0 amide bonds. The maximum atomic E-state index is 12.7. The molecule has 0 aromatic carbocycles. The van der Waals surface area contributed by atoms with E-state index in [4.69, 9.17) is 9.84 Å². The minimum absolute atomic E-state index is 0.0354. The van der Waals surface area contributed by atoms with Crippen molar-refractivity contribution in [1.29, 1.82) is 0 Å². The van der Waals surface area contributed by atoms with Crippen LogP contribution in [-0.2, 0) is 14.3 Å². The van der Waals surface area contributed by atoms with Gasteiger partial charge in [0.05, 0.1) is 5.92 Å². The van der Waals surface area contributed by atoms with Gasteiger partial charge in [0, 0.05) is 35.5 Å². The third-order valence-electron chi connectivity index (χ3n) is 4.66. The number of carbonyl (C=O) groups is 3. The van der Waals surface area contributed by atoms with Crippen molar-refractivity contribution >= 4 is 33.5 Å². The van der Waals surface area contributed by atoms with Crippen molar-refractivity contribution in [2.24, 2.45) is 11.8 Å². The van der Waals surface area contributed by atoms with Gasteiger partial charge >= 0.3 is 5.97 Å². The quantitative estimate of drug-likeness (QED) is 0.453. The highest BCUT2D eigenvalue weighted by molar-refractivity contribution is 9.10. The van der Waals surface area contributed by atoms with Gasteiger partial charge in [0.25, 0.3) is 0 Å². The lowest BCUT2D eigenvalue weighted by atomic mass is 9.89. The number of ether oxygens (including phenoxy) is 1. The van der Waals surface area contributed by atoms with E-state index in [9.17, 15) is 14.4 Å². The Bertz CT molecular complexity index is 643. The van der Waals surface area contributed by atoms with Crippen LogP contribution in [0, 0.1) is 11.8 Å². The van der Waals surface area contributed by atoms with Crippen molar-refractivity contribution in [3.05, 3.63) is 28.5 Å². The van der Waals surface area contributed by atoms with Crippen LogP contribution in [0.5, 0.6) is 0 Å². The summed E-state index contributed by atoms with van der Waals surface area (Å²) in [5, 5.41) is 8.91. The molecule has 2 rings (SSSR count). The van der Waals surface area contributed by atoms with Gasteiger partial charge in [0.2, 0.25) is 0 Å². The Morgan fingerprint density at radius 3 is 2.62 bits per heavy atom. The van der Waals surface area contributed by atoms with E-state index in [-0.39, 0.29) is 30.8 Å². The molecule has 0 aliphatic heterocycles. The van der Waals surface area contributed by atoms with Crippen molar-refractivity contribution in [2.75, 3.05) is 13.2 Å². The van der Waals surface area contributed by atoms with Gasteiger partial charge < -0.3 is 9.84 Å². The number of hydrogen-bond acceptors (Lipinski definition) is 5. The summed E-state index contributed by atoms with van der Waals surface area (Å²) in [7, 11) is 0. The Morgan fingerprint density at radius 2 is 1.96 bits per heavy atom. The predicted molar refractivity (Wildman–Crippen MR) is 99.0 cm³/mol. The fraction of sp³-hybridized carbons (Fsp3) is 0.579. The number of rotatable bonds is 10. The predicted octanol–water partition coefficient (Wildman–Crippen LogP) is 3.67. The topological polar surface area (TPSA) is 93.6 Å². The highest BCUT2D eigenvalue weighted by Gasteiger charge is 2.28. The van der Waals surface area contributed by atoms with Crippen LogP contribution in [0.2, 0.25) is 0 Å². The van der Waals surface area contributed by atoms with E-state index < -0.39 is 17.7 Å². The number of carboxylic acids is 1. The van der Waals surface area contributed by atoms with Crippen LogP contribution in [0.1, 0.15) is 55.3 Å². The summed E-state index contributed by atoms with van der Waals surface area (Å²) in [5.41, 5.74) is 0.287. The van der Waals surface area contributed by atoms with Crippen LogP contribution in [0.25, 0.3) is 0 Å². The van der Waals surface area contributed by atoms with Gasteiger partial charge in [-0.2, -0.15) is 0 Å². The first kappa shape index (κ1) is 20.7. The fourth-order valence-electron chi connectivity index (χ4n) is 3.23. The van der Waals surface area contributed by atoms with Gasteiger partial charge in [-0.25, -0.2) is 0 Å². The molecule has 1 atom stereocenters. The maximum Gasteiger partial charge on any atom is 0.303 e. The summed E-state index contributed by atoms with van der Waals surface area (Å²) < 4.78 is 6.18. The fourth-order valence-corrected chi connectivity index (χ4v) is 3.60. The molecule has 1 aliphatic carbocycles. The summed E-state index contributed by atoms with van der Waals surface area (Å²) in [5.74, 6) is -2.36. The summed E-state index contributed by atoms with van der Waals surface area (Å²) >= 11 is 3.25. The number of aromatic nitrogens is 1. The molecule has 0 saturated heterocycles. The lowest BCUT2D eigenvalue weighted by Crippen LogP contribution is -2.29. The first-order valence-electron chi connectivity index (χ1n) is 8.94. The highest BCUT2D eigenvalue weighted by Crippen LogP contribution is 2.24. The molecular weight excluding hydrogens is 402 g/mol. The largest absolute Gasteiger partial charge is 0.481 e. The molecule has 7 heteroatoms. The Hall–Kier alpha value is -1.60. The van der Waals surface area contributed by atoms with E-state index in [2.05, 4.69) is 20.9 Å². The second-order valence-corrected chi connectivity index (χ2v) is 7.64. The zero-order valence-corrected chi connectivity index (χ0v) is 16.2. The minimum atomic E-state index is -1.04. The standard InChI is InChI=1S/C19H24BrNO5/c20-15-8-14(9-21-10-15)19(25)16(6-7-18(23)24)17(22)12-26-11-13-4-2-1-3-5-13/h8-10,13,16H,1-7,11-12H2,(H,23,24). The Balaban J connectivity index is 1.96. The molecule has 1 fully saturated rings. The summed E-state index contributed by atoms with van der Waals surface area (Å²) in [4.78, 5) is 40.0. The summed E-state index contributed by atoms with van der Waals surface area (Å²) in [6.07, 6.45) is 8.50. The number of aliphatic carboxylic acids is 1. The van der Waals surface area contributed by atoms with Gasteiger partial charge in [-0.05, 0) is 47.2 Å². The average Bonchev–Trinajstić information content (AvgIpc) is 2.62. The smallest absolute Gasteiger partial charge is 0.303 e. The molecule has 1 heterocycles. The first-order chi connectivity index (χ1) is 12.5. The van der Waals surface area contributed by atoms with E-state index >= 15 is 0 Å². The molecule has 1 saturated carbocycles. The summed E-state index contributed by atoms with van der Waals surface area (Å²) in [6.45, 7) is 0.359. The number of nitrogens with zero attached hydrogens (tertiary/aromatic N) is 1. The molecule has 6 nitrogen and oxygen atoms in total. The van der Waals surface area contributed by atoms with Gasteiger partial charge in [-0.15, -0.1) is 0 Å². The van der Waals surface area contributed by atoms with Crippen LogP contribution in [0.4, 0.5) is 0 Å². The molecule has 0 spiro atoms. The Kier molecular flexibility index (Phi) is 8.38. The zero-order chi connectivity index (χ0) is 18.9. The first-order valence-corrected chi connectivity index (χ1v) is 9.73. The van der Waals surface area contributed by atoms with Crippen molar-refractivity contribution in [3.63, 3.8) is 0 Å². The third kappa shape index (κ3) is 6.61. The molecule has 1 aromatic heterocycles. The number of carboxylic acid groups (broad SMARTS) is 1. The number of carbonyl (C=O) groups excluding carboxylic acids is 2. The van der Waals surface area contributed by atoms with Crippen LogP contribution >= 0.6 is 15.9 Å². The summed E-state index contributed by atoms with van der Waals surface area (Å²) in [6, 6.07) is 1.58. The van der Waals surface area contributed by atoms with E-state index in [1.807, 2.05) is 0 Å². The third-order valence-corrected chi connectivity index (χ3v) is 5.10. The number of pyridine rings is 1. The van der Waals surface area contributed by atoms with Crippen LogP contribution in [-0.4, -0.2) is 40.8 Å². The molecule has 0 radical (unpaired) electrons. The van der Waals surface area contributed by atoms with Crippen LogP contribution < -0.4 is 0 Å². The van der Waals surface area contributed by atoms with Gasteiger partial charge in [-0.3, -0.25) is 19.4 Å². The SMILES string of the molecule is O=C(O)CCC(C(=O)COCC1CCCCC1)C(=O)c1cncc(Br)c1. The van der Waals surface area contributed by atoms with E-state index in [0.29, 0.717) is 17.0 Å². The van der Waals surface area contributed by atoms with Crippen molar-refractivity contribution in [3.8, 4) is 0 Å². The van der Waals surface area contributed by atoms with Gasteiger partial charge in [0.1, 0.15) is 6.61 Å². The molecule has 1 N–H and O–H groups in total. The average molecular weight is 426 g/mol. The van der Waals surface area contributed by atoms with Crippen molar-refractivity contribution in [2.45, 2.75) is 44.9 Å². The van der Waals surface area contributed by atoms with Crippen molar-refractivity contribution in [1.82, 2.24) is 4.98 Å². The second kappa shape index (κ2) is 10.5. The van der Waals surface area contributed by atoms with Gasteiger partial charge in [-0.1, -0.05) is 19.3 Å². The normalized spacial score (nSPS) is 16.2. The lowest BCUT2D eigenvalue weighted by molar-refractivity contribution is -0.137. The Labute approximate surface area is 161 Å². The molecule has 1 aromatic rings. The van der Waals surface area contributed by atoms with Crippen LogP contribution in [0.3, 0.4) is 0 Å². The maximum absolute atomic E-state index is 12.7. The zero-order valence-electron chi connectivity index (χ0n) is 14.7. The molecule has 1 aliphatic rings.